The van der Waals surface area contributed by atoms with Crippen LogP contribution in [0.3, 0.4) is 0 Å². The van der Waals surface area contributed by atoms with Crippen molar-refractivity contribution in [2.24, 2.45) is 0 Å². The molecule has 3 aromatic rings. The zero-order valence-corrected chi connectivity index (χ0v) is 18.4. The Labute approximate surface area is 186 Å². The minimum atomic E-state index is 0.0620. The van der Waals surface area contributed by atoms with Gasteiger partial charge in [-0.15, -0.1) is 0 Å². The smallest absolute Gasteiger partial charge is 0.242 e. The third kappa shape index (κ3) is 4.80. The molecule has 1 aromatic heterocycles. The van der Waals surface area contributed by atoms with Crippen LogP contribution in [-0.4, -0.2) is 56.7 Å². The maximum Gasteiger partial charge on any atom is 0.242 e. The molecule has 30 heavy (non-hydrogen) atoms. The number of halogens is 1. The average molecular weight is 442 g/mol. The zero-order valence-electron chi connectivity index (χ0n) is 16.8. The summed E-state index contributed by atoms with van der Waals surface area (Å²) in [4.78, 5) is 17.2. The highest BCUT2D eigenvalue weighted by Crippen LogP contribution is 2.19. The molecule has 0 spiro atoms. The molecule has 1 saturated heterocycles. The van der Waals surface area contributed by atoms with Gasteiger partial charge in [-0.3, -0.25) is 19.4 Å². The Morgan fingerprint density at radius 3 is 2.40 bits per heavy atom. The Kier molecular flexibility index (Phi) is 6.32. The number of aromatic nitrogens is 3. The van der Waals surface area contributed by atoms with Gasteiger partial charge in [0.15, 0.2) is 10.6 Å². The summed E-state index contributed by atoms with van der Waals surface area (Å²) in [6.45, 7) is 6.19. The molecule has 0 radical (unpaired) electrons. The summed E-state index contributed by atoms with van der Waals surface area (Å²) >= 11 is 11.3. The van der Waals surface area contributed by atoms with E-state index in [-0.39, 0.29) is 12.5 Å². The summed E-state index contributed by atoms with van der Waals surface area (Å²) in [5.74, 6) is 0.752. The van der Waals surface area contributed by atoms with Crippen LogP contribution in [0.4, 0.5) is 0 Å². The van der Waals surface area contributed by atoms with E-state index >= 15 is 0 Å². The summed E-state index contributed by atoms with van der Waals surface area (Å²) in [7, 11) is 0. The summed E-state index contributed by atoms with van der Waals surface area (Å²) in [5, 5.41) is 7.91. The van der Waals surface area contributed by atoms with E-state index in [4.69, 9.17) is 23.8 Å². The number of nitrogens with one attached hydrogen (secondary N) is 1. The van der Waals surface area contributed by atoms with Crippen LogP contribution >= 0.6 is 23.8 Å². The van der Waals surface area contributed by atoms with Crippen LogP contribution < -0.4 is 0 Å². The molecule has 0 atom stereocenters. The second-order valence-corrected chi connectivity index (χ2v) is 8.41. The van der Waals surface area contributed by atoms with E-state index in [2.05, 4.69) is 15.1 Å². The van der Waals surface area contributed by atoms with Crippen LogP contribution in [0.5, 0.6) is 0 Å². The SMILES string of the molecule is Cc1ccc(-c2n[nH]c(=S)n2CC(=O)N2CCN(Cc3ccc(Cl)cc3)CC2)cc1. The summed E-state index contributed by atoms with van der Waals surface area (Å²) < 4.78 is 2.24. The number of carbonyl (C=O) groups is 1. The van der Waals surface area contributed by atoms with Crippen molar-refractivity contribution in [3.63, 3.8) is 0 Å². The predicted molar refractivity (Wildman–Crippen MR) is 121 cm³/mol. The fourth-order valence-corrected chi connectivity index (χ4v) is 3.95. The number of H-pyrrole nitrogens is 1. The molecule has 0 aliphatic carbocycles. The highest BCUT2D eigenvalue weighted by molar-refractivity contribution is 7.71. The molecule has 4 rings (SSSR count). The van der Waals surface area contributed by atoms with Crippen LogP contribution in [0.2, 0.25) is 5.02 Å². The van der Waals surface area contributed by atoms with Crippen molar-refractivity contribution in [2.45, 2.75) is 20.0 Å². The Hall–Kier alpha value is -2.48. The predicted octanol–water partition coefficient (Wildman–Crippen LogP) is 3.91. The molecule has 2 heterocycles. The molecule has 0 saturated carbocycles. The number of hydrogen-bond acceptors (Lipinski definition) is 4. The number of hydrogen-bond donors (Lipinski definition) is 1. The van der Waals surface area contributed by atoms with Gasteiger partial charge in [-0.25, -0.2) is 0 Å². The second kappa shape index (κ2) is 9.12. The van der Waals surface area contributed by atoms with Gasteiger partial charge >= 0.3 is 0 Å². The number of nitrogens with zero attached hydrogens (tertiary/aromatic N) is 4. The fraction of sp³-hybridized carbons (Fsp3) is 0.318. The molecule has 6 nitrogen and oxygen atoms in total. The molecule has 1 fully saturated rings. The van der Waals surface area contributed by atoms with Gasteiger partial charge in [-0.2, -0.15) is 5.10 Å². The number of benzene rings is 2. The molecule has 0 bridgehead atoms. The minimum absolute atomic E-state index is 0.0620. The van der Waals surface area contributed by atoms with Crippen LogP contribution in [0.15, 0.2) is 48.5 Å². The fourth-order valence-electron chi connectivity index (χ4n) is 3.63. The van der Waals surface area contributed by atoms with Crippen molar-refractivity contribution in [3.05, 3.63) is 69.5 Å². The van der Waals surface area contributed by atoms with Crippen molar-refractivity contribution < 1.29 is 4.79 Å². The number of aryl methyl sites for hydroxylation is 1. The number of rotatable bonds is 5. The van der Waals surface area contributed by atoms with Crippen molar-refractivity contribution in [3.8, 4) is 11.4 Å². The highest BCUT2D eigenvalue weighted by atomic mass is 35.5. The number of carbonyl (C=O) groups excluding carboxylic acids is 1. The van der Waals surface area contributed by atoms with Crippen molar-refractivity contribution in [1.82, 2.24) is 24.6 Å². The van der Waals surface area contributed by atoms with E-state index in [1.165, 1.54) is 11.1 Å². The summed E-state index contributed by atoms with van der Waals surface area (Å²) in [6.07, 6.45) is 0. The van der Waals surface area contributed by atoms with Crippen molar-refractivity contribution in [2.75, 3.05) is 26.2 Å². The largest absolute Gasteiger partial charge is 0.339 e. The Bertz CT molecular complexity index is 1070. The van der Waals surface area contributed by atoms with Crippen molar-refractivity contribution >= 4 is 29.7 Å². The monoisotopic (exact) mass is 441 g/mol. The highest BCUT2D eigenvalue weighted by Gasteiger charge is 2.22. The first-order valence-electron chi connectivity index (χ1n) is 9.96. The molecule has 1 aliphatic rings. The van der Waals surface area contributed by atoms with Gasteiger partial charge in [0.1, 0.15) is 6.54 Å². The quantitative estimate of drug-likeness (QED) is 0.610. The summed E-state index contributed by atoms with van der Waals surface area (Å²) in [5.41, 5.74) is 3.34. The lowest BCUT2D eigenvalue weighted by atomic mass is 10.1. The van der Waals surface area contributed by atoms with E-state index in [1.54, 1.807) is 4.57 Å². The molecule has 1 amide bonds. The maximum absolute atomic E-state index is 12.9. The second-order valence-electron chi connectivity index (χ2n) is 7.59. The van der Waals surface area contributed by atoms with Crippen LogP contribution in [0, 0.1) is 11.7 Å². The average Bonchev–Trinajstić information content (AvgIpc) is 3.11. The third-order valence-corrected chi connectivity index (χ3v) is 5.97. The van der Waals surface area contributed by atoms with Crippen molar-refractivity contribution in [1.29, 1.82) is 0 Å². The molecule has 0 unspecified atom stereocenters. The molecule has 156 valence electrons. The number of amides is 1. The maximum atomic E-state index is 12.9. The first-order chi connectivity index (χ1) is 14.5. The van der Waals surface area contributed by atoms with E-state index in [0.717, 1.165) is 30.2 Å². The van der Waals surface area contributed by atoms with Crippen LogP contribution in [0.25, 0.3) is 11.4 Å². The summed E-state index contributed by atoms with van der Waals surface area (Å²) in [6, 6.07) is 16.0. The standard InChI is InChI=1S/C22H24ClN5OS/c1-16-2-6-18(7-3-16)21-24-25-22(30)28(21)15-20(29)27-12-10-26(11-13-27)14-17-4-8-19(23)9-5-17/h2-9H,10-15H2,1H3,(H,25,30). The third-order valence-electron chi connectivity index (χ3n) is 5.41. The molecular weight excluding hydrogens is 418 g/mol. The topological polar surface area (TPSA) is 57.2 Å². The molecule has 1 aliphatic heterocycles. The van der Waals surface area contributed by atoms with E-state index in [9.17, 15) is 4.79 Å². The molecule has 2 aromatic carbocycles. The zero-order chi connectivity index (χ0) is 21.1. The molecule has 1 N–H and O–H groups in total. The number of aromatic amines is 1. The normalized spacial score (nSPS) is 14.8. The first-order valence-corrected chi connectivity index (χ1v) is 10.7. The van der Waals surface area contributed by atoms with E-state index < -0.39 is 0 Å². The van der Waals surface area contributed by atoms with Gasteiger partial charge in [0.2, 0.25) is 5.91 Å². The van der Waals surface area contributed by atoms with E-state index in [1.807, 2.05) is 60.4 Å². The molecule has 8 heteroatoms. The van der Waals surface area contributed by atoms with Gasteiger partial charge in [-0.1, -0.05) is 53.6 Å². The Balaban J connectivity index is 1.37. The van der Waals surface area contributed by atoms with Gasteiger partial charge in [0.25, 0.3) is 0 Å². The lowest BCUT2D eigenvalue weighted by molar-refractivity contribution is -0.133. The van der Waals surface area contributed by atoms with E-state index in [0.29, 0.717) is 23.7 Å². The van der Waals surface area contributed by atoms with Gasteiger partial charge in [0, 0.05) is 43.3 Å². The van der Waals surface area contributed by atoms with Crippen LogP contribution in [0.1, 0.15) is 11.1 Å². The van der Waals surface area contributed by atoms with Gasteiger partial charge < -0.3 is 4.90 Å². The van der Waals surface area contributed by atoms with Crippen LogP contribution in [-0.2, 0) is 17.9 Å². The molecular formula is C22H24ClN5OS. The minimum Gasteiger partial charge on any atom is -0.339 e. The number of piperazine rings is 1. The Morgan fingerprint density at radius 2 is 1.73 bits per heavy atom. The Morgan fingerprint density at radius 1 is 1.07 bits per heavy atom. The van der Waals surface area contributed by atoms with Gasteiger partial charge in [-0.05, 0) is 36.8 Å². The lowest BCUT2D eigenvalue weighted by Gasteiger charge is -2.35. The lowest BCUT2D eigenvalue weighted by Crippen LogP contribution is -2.49. The van der Waals surface area contributed by atoms with Gasteiger partial charge in [0.05, 0.1) is 0 Å². The first kappa shape index (κ1) is 20.8.